The molecule has 0 fully saturated rings. The van der Waals surface area contributed by atoms with E-state index in [1.54, 1.807) is 6.07 Å². The number of nitrogens with two attached hydrogens (primary N) is 1. The Morgan fingerprint density at radius 3 is 2.76 bits per heavy atom. The Kier molecular flexibility index (Phi) is 3.99. The lowest BCUT2D eigenvalue weighted by molar-refractivity contribution is 0.620. The predicted molar refractivity (Wildman–Crippen MR) is 90.0 cm³/mol. The lowest BCUT2D eigenvalue weighted by atomic mass is 10.1. The number of nitrogens with zero attached hydrogens (tertiary/aromatic N) is 2. The summed E-state index contributed by atoms with van der Waals surface area (Å²) in [6.45, 7) is 0.500. The summed E-state index contributed by atoms with van der Waals surface area (Å²) in [5.74, 6) is 0.169. The molecular formula is C15H12Br2FN3. The summed E-state index contributed by atoms with van der Waals surface area (Å²) in [5.41, 5.74) is 7.78. The van der Waals surface area contributed by atoms with Crippen molar-refractivity contribution in [1.29, 1.82) is 0 Å². The van der Waals surface area contributed by atoms with Gasteiger partial charge in [-0.25, -0.2) is 4.39 Å². The maximum absolute atomic E-state index is 13.6. The van der Waals surface area contributed by atoms with Crippen LogP contribution in [0.2, 0.25) is 0 Å². The van der Waals surface area contributed by atoms with Gasteiger partial charge in [-0.1, -0.05) is 37.9 Å². The number of hydrogen-bond acceptors (Lipinski definition) is 3. The van der Waals surface area contributed by atoms with Crippen LogP contribution in [0.5, 0.6) is 0 Å². The van der Waals surface area contributed by atoms with Crippen molar-refractivity contribution in [2.24, 2.45) is 10.7 Å². The lowest BCUT2D eigenvalue weighted by Gasteiger charge is -2.27. The second kappa shape index (κ2) is 5.77. The number of benzene rings is 2. The topological polar surface area (TPSA) is 41.6 Å². The predicted octanol–water partition coefficient (Wildman–Crippen LogP) is 4.23. The molecule has 0 spiro atoms. The molecule has 0 aromatic heterocycles. The Morgan fingerprint density at radius 1 is 1.19 bits per heavy atom. The van der Waals surface area contributed by atoms with Gasteiger partial charge in [0.25, 0.3) is 0 Å². The number of hydrogen-bond donors (Lipinski definition) is 1. The fourth-order valence-corrected chi connectivity index (χ4v) is 3.34. The first-order valence-corrected chi connectivity index (χ1v) is 7.94. The minimum Gasteiger partial charge on any atom is -0.369 e. The van der Waals surface area contributed by atoms with Crippen LogP contribution in [0.1, 0.15) is 11.6 Å². The van der Waals surface area contributed by atoms with Crippen LogP contribution in [0.25, 0.3) is 0 Å². The highest BCUT2D eigenvalue weighted by atomic mass is 79.9. The third-order valence-corrected chi connectivity index (χ3v) is 4.60. The van der Waals surface area contributed by atoms with Crippen LogP contribution in [0.15, 0.2) is 56.4 Å². The highest BCUT2D eigenvalue weighted by molar-refractivity contribution is 9.10. The van der Waals surface area contributed by atoms with Crippen molar-refractivity contribution >= 4 is 43.5 Å². The zero-order valence-corrected chi connectivity index (χ0v) is 14.1. The van der Waals surface area contributed by atoms with Gasteiger partial charge in [0.15, 0.2) is 5.96 Å². The molecule has 2 aromatic carbocycles. The summed E-state index contributed by atoms with van der Waals surface area (Å²) in [5, 5.41) is 0. The molecule has 0 bridgehead atoms. The van der Waals surface area contributed by atoms with Gasteiger partial charge in [0.05, 0.1) is 12.6 Å². The molecule has 0 aliphatic carbocycles. The molecule has 2 aromatic rings. The van der Waals surface area contributed by atoms with Gasteiger partial charge >= 0.3 is 0 Å². The molecule has 21 heavy (non-hydrogen) atoms. The third kappa shape index (κ3) is 2.82. The molecule has 3 rings (SSSR count). The molecule has 1 unspecified atom stereocenters. The number of halogens is 3. The quantitative estimate of drug-likeness (QED) is 0.801. The maximum atomic E-state index is 13.6. The molecule has 0 amide bonds. The van der Waals surface area contributed by atoms with E-state index >= 15 is 0 Å². The summed E-state index contributed by atoms with van der Waals surface area (Å²) >= 11 is 6.94. The Labute approximate surface area is 138 Å². The summed E-state index contributed by atoms with van der Waals surface area (Å²) in [6, 6.07) is 12.3. The van der Waals surface area contributed by atoms with Crippen molar-refractivity contribution in [3.63, 3.8) is 0 Å². The van der Waals surface area contributed by atoms with Gasteiger partial charge in [-0.2, -0.15) is 0 Å². The molecule has 2 N–H and O–H groups in total. The number of aliphatic imine (C=N–C) groups is 1. The summed E-state index contributed by atoms with van der Waals surface area (Å²) in [7, 11) is 0. The van der Waals surface area contributed by atoms with Crippen LogP contribution in [0, 0.1) is 5.82 Å². The molecule has 3 nitrogen and oxygen atoms in total. The molecule has 1 aliphatic heterocycles. The number of anilines is 1. The van der Waals surface area contributed by atoms with Gasteiger partial charge in [0.2, 0.25) is 0 Å². The van der Waals surface area contributed by atoms with Gasteiger partial charge in [0.1, 0.15) is 5.82 Å². The first-order valence-electron chi connectivity index (χ1n) is 6.36. The molecule has 1 aliphatic rings. The van der Waals surface area contributed by atoms with E-state index < -0.39 is 0 Å². The summed E-state index contributed by atoms with van der Waals surface area (Å²) in [4.78, 5) is 6.23. The van der Waals surface area contributed by atoms with Gasteiger partial charge in [-0.05, 0) is 42.0 Å². The SMILES string of the molecule is NC1=NCC(c2cc(F)ccc2Br)N1c1cccc(Br)c1. The first kappa shape index (κ1) is 14.5. The minimum absolute atomic E-state index is 0.121. The smallest absolute Gasteiger partial charge is 0.196 e. The normalized spacial score (nSPS) is 18.0. The lowest BCUT2D eigenvalue weighted by Crippen LogP contribution is -2.36. The average molecular weight is 413 g/mol. The molecule has 108 valence electrons. The highest BCUT2D eigenvalue weighted by Crippen LogP contribution is 2.35. The van der Waals surface area contributed by atoms with E-state index in [0.29, 0.717) is 12.5 Å². The summed E-state index contributed by atoms with van der Waals surface area (Å²) in [6.07, 6.45) is 0. The van der Waals surface area contributed by atoms with E-state index in [1.165, 1.54) is 12.1 Å². The van der Waals surface area contributed by atoms with Crippen molar-refractivity contribution in [2.45, 2.75) is 6.04 Å². The van der Waals surface area contributed by atoms with Crippen LogP contribution in [-0.4, -0.2) is 12.5 Å². The van der Waals surface area contributed by atoms with E-state index in [2.05, 4.69) is 36.9 Å². The van der Waals surface area contributed by atoms with Crippen molar-refractivity contribution in [3.05, 3.63) is 62.8 Å². The largest absolute Gasteiger partial charge is 0.369 e. The molecule has 0 saturated heterocycles. The van der Waals surface area contributed by atoms with Gasteiger partial charge in [-0.15, -0.1) is 0 Å². The maximum Gasteiger partial charge on any atom is 0.196 e. The average Bonchev–Trinajstić information content (AvgIpc) is 2.83. The van der Waals surface area contributed by atoms with Crippen molar-refractivity contribution in [1.82, 2.24) is 0 Å². The van der Waals surface area contributed by atoms with Crippen LogP contribution >= 0.6 is 31.9 Å². The highest BCUT2D eigenvalue weighted by Gasteiger charge is 2.30. The Hall–Kier alpha value is -1.40. The van der Waals surface area contributed by atoms with Gasteiger partial charge < -0.3 is 10.6 Å². The van der Waals surface area contributed by atoms with E-state index in [1.807, 2.05) is 29.2 Å². The Balaban J connectivity index is 2.05. The zero-order chi connectivity index (χ0) is 15.0. The fourth-order valence-electron chi connectivity index (χ4n) is 2.44. The Morgan fingerprint density at radius 2 is 2.00 bits per heavy atom. The molecule has 1 atom stereocenters. The molecule has 0 saturated carbocycles. The van der Waals surface area contributed by atoms with E-state index in [-0.39, 0.29) is 11.9 Å². The van der Waals surface area contributed by atoms with Gasteiger partial charge in [-0.3, -0.25) is 4.99 Å². The van der Waals surface area contributed by atoms with Gasteiger partial charge in [0, 0.05) is 14.6 Å². The minimum atomic E-state index is -0.270. The van der Waals surface area contributed by atoms with Crippen molar-refractivity contribution in [2.75, 3.05) is 11.4 Å². The standard InChI is InChI=1S/C15H12Br2FN3/c16-9-2-1-3-11(6-9)21-14(8-20-15(21)19)12-7-10(18)4-5-13(12)17/h1-7,14H,8H2,(H2,19,20). The van der Waals surface area contributed by atoms with E-state index in [4.69, 9.17) is 5.73 Å². The van der Waals surface area contributed by atoms with Crippen molar-refractivity contribution in [3.8, 4) is 0 Å². The molecular weight excluding hydrogens is 401 g/mol. The first-order chi connectivity index (χ1) is 10.1. The van der Waals surface area contributed by atoms with Crippen LogP contribution in [0.4, 0.5) is 10.1 Å². The fraction of sp³-hybridized carbons (Fsp3) is 0.133. The van der Waals surface area contributed by atoms with Crippen molar-refractivity contribution < 1.29 is 4.39 Å². The molecule has 1 heterocycles. The van der Waals surface area contributed by atoms with E-state index in [9.17, 15) is 4.39 Å². The monoisotopic (exact) mass is 411 g/mol. The molecule has 0 radical (unpaired) electrons. The van der Waals surface area contributed by atoms with Crippen LogP contribution in [-0.2, 0) is 0 Å². The second-order valence-electron chi connectivity index (χ2n) is 4.73. The number of guanidine groups is 1. The zero-order valence-electron chi connectivity index (χ0n) is 10.9. The molecule has 6 heteroatoms. The van der Waals surface area contributed by atoms with Crippen LogP contribution < -0.4 is 10.6 Å². The number of rotatable bonds is 2. The van der Waals surface area contributed by atoms with Crippen LogP contribution in [0.3, 0.4) is 0 Å². The van der Waals surface area contributed by atoms with E-state index in [0.717, 1.165) is 20.2 Å². The second-order valence-corrected chi connectivity index (χ2v) is 6.50. The Bertz CT molecular complexity index is 718. The summed E-state index contributed by atoms with van der Waals surface area (Å²) < 4.78 is 15.4. The third-order valence-electron chi connectivity index (χ3n) is 3.39.